The molecule has 1 aliphatic carbocycles. The first-order valence-corrected chi connectivity index (χ1v) is 7.38. The standard InChI is InChI=1S/C13H16O3S/c1-9-3-6-12(7-10(9)2)17(15,16)8-13(14)11-4-5-11/h3,6-7,11H,4-5,8H2,1-2H3. The zero-order valence-electron chi connectivity index (χ0n) is 10.1. The molecule has 1 saturated carbocycles. The SMILES string of the molecule is Cc1ccc(S(=O)(=O)CC(=O)C2CC2)cc1C. The topological polar surface area (TPSA) is 51.2 Å². The van der Waals surface area contributed by atoms with Crippen LogP contribution in [-0.4, -0.2) is 20.0 Å². The summed E-state index contributed by atoms with van der Waals surface area (Å²) in [5, 5.41) is 0. The molecule has 0 amide bonds. The lowest BCUT2D eigenvalue weighted by Crippen LogP contribution is -2.17. The molecule has 92 valence electrons. The number of hydrogen-bond acceptors (Lipinski definition) is 3. The third kappa shape index (κ3) is 2.75. The number of aryl methyl sites for hydroxylation is 2. The van der Waals surface area contributed by atoms with Gasteiger partial charge in [0, 0.05) is 5.92 Å². The number of sulfone groups is 1. The van der Waals surface area contributed by atoms with Gasteiger partial charge in [-0.25, -0.2) is 8.42 Å². The first-order valence-electron chi connectivity index (χ1n) is 5.73. The maximum absolute atomic E-state index is 12.0. The third-order valence-electron chi connectivity index (χ3n) is 3.20. The molecule has 0 bridgehead atoms. The zero-order valence-corrected chi connectivity index (χ0v) is 10.9. The molecule has 0 atom stereocenters. The van der Waals surface area contributed by atoms with Crippen LogP contribution in [0, 0.1) is 19.8 Å². The molecule has 0 saturated heterocycles. The van der Waals surface area contributed by atoms with Crippen LogP contribution in [0.15, 0.2) is 23.1 Å². The van der Waals surface area contributed by atoms with Crippen LogP contribution in [0.4, 0.5) is 0 Å². The summed E-state index contributed by atoms with van der Waals surface area (Å²) in [7, 11) is -3.45. The Labute approximate surface area is 102 Å². The van der Waals surface area contributed by atoms with E-state index >= 15 is 0 Å². The van der Waals surface area contributed by atoms with Crippen molar-refractivity contribution in [1.29, 1.82) is 0 Å². The van der Waals surface area contributed by atoms with Crippen molar-refractivity contribution in [2.24, 2.45) is 5.92 Å². The number of benzene rings is 1. The monoisotopic (exact) mass is 252 g/mol. The first kappa shape index (κ1) is 12.3. The molecule has 0 spiro atoms. The predicted molar refractivity (Wildman–Crippen MR) is 65.7 cm³/mol. The summed E-state index contributed by atoms with van der Waals surface area (Å²) in [6.45, 7) is 3.80. The van der Waals surface area contributed by atoms with Crippen molar-refractivity contribution in [2.75, 3.05) is 5.75 Å². The largest absolute Gasteiger partial charge is 0.298 e. The van der Waals surface area contributed by atoms with Crippen molar-refractivity contribution in [3.8, 4) is 0 Å². The number of rotatable bonds is 4. The van der Waals surface area contributed by atoms with Gasteiger partial charge >= 0.3 is 0 Å². The Morgan fingerprint density at radius 3 is 2.41 bits per heavy atom. The summed E-state index contributed by atoms with van der Waals surface area (Å²) in [6.07, 6.45) is 1.70. The van der Waals surface area contributed by atoms with Crippen molar-refractivity contribution in [1.82, 2.24) is 0 Å². The van der Waals surface area contributed by atoms with Gasteiger partial charge in [-0.05, 0) is 49.9 Å². The Morgan fingerprint density at radius 2 is 1.88 bits per heavy atom. The van der Waals surface area contributed by atoms with Crippen LogP contribution >= 0.6 is 0 Å². The van der Waals surface area contributed by atoms with Crippen molar-refractivity contribution >= 4 is 15.6 Å². The van der Waals surface area contributed by atoms with E-state index in [1.165, 1.54) is 0 Å². The second-order valence-corrected chi connectivity index (χ2v) is 6.74. The minimum absolute atomic E-state index is 0.00341. The highest BCUT2D eigenvalue weighted by Gasteiger charge is 2.33. The minimum Gasteiger partial charge on any atom is -0.298 e. The van der Waals surface area contributed by atoms with Gasteiger partial charge in [-0.15, -0.1) is 0 Å². The smallest absolute Gasteiger partial charge is 0.185 e. The summed E-state index contributed by atoms with van der Waals surface area (Å²) in [5.41, 5.74) is 1.99. The van der Waals surface area contributed by atoms with Gasteiger partial charge in [0.05, 0.1) is 4.90 Å². The zero-order chi connectivity index (χ0) is 12.6. The van der Waals surface area contributed by atoms with E-state index < -0.39 is 9.84 Å². The summed E-state index contributed by atoms with van der Waals surface area (Å²) in [6, 6.07) is 5.01. The van der Waals surface area contributed by atoms with Crippen molar-refractivity contribution in [3.63, 3.8) is 0 Å². The Bertz CT molecular complexity index is 554. The molecule has 1 fully saturated rings. The molecule has 3 nitrogen and oxygen atoms in total. The molecule has 1 aromatic rings. The highest BCUT2D eigenvalue weighted by atomic mass is 32.2. The molecular weight excluding hydrogens is 236 g/mol. The van der Waals surface area contributed by atoms with Gasteiger partial charge in [-0.3, -0.25) is 4.79 Å². The highest BCUT2D eigenvalue weighted by Crippen LogP contribution is 2.31. The predicted octanol–water partition coefficient (Wildman–Crippen LogP) is 2.06. The fourth-order valence-electron chi connectivity index (χ4n) is 1.70. The van der Waals surface area contributed by atoms with Gasteiger partial charge in [-0.2, -0.15) is 0 Å². The van der Waals surface area contributed by atoms with Crippen LogP contribution in [-0.2, 0) is 14.6 Å². The van der Waals surface area contributed by atoms with E-state index in [9.17, 15) is 13.2 Å². The Hall–Kier alpha value is -1.16. The van der Waals surface area contributed by atoms with E-state index in [1.807, 2.05) is 13.8 Å². The summed E-state index contributed by atoms with van der Waals surface area (Å²) < 4.78 is 24.0. The van der Waals surface area contributed by atoms with Crippen molar-refractivity contribution in [2.45, 2.75) is 31.6 Å². The van der Waals surface area contributed by atoms with Crippen LogP contribution < -0.4 is 0 Å². The Morgan fingerprint density at radius 1 is 1.24 bits per heavy atom. The first-order chi connectivity index (χ1) is 7.90. The van der Waals surface area contributed by atoms with E-state index in [0.717, 1.165) is 24.0 Å². The van der Waals surface area contributed by atoms with Crippen LogP contribution in [0.2, 0.25) is 0 Å². The fourth-order valence-corrected chi connectivity index (χ4v) is 3.11. The average Bonchev–Trinajstić information content (AvgIpc) is 3.04. The van der Waals surface area contributed by atoms with Gasteiger partial charge in [0.1, 0.15) is 5.75 Å². The number of ketones is 1. The molecule has 0 unspecified atom stereocenters. The normalized spacial score (nSPS) is 15.9. The van der Waals surface area contributed by atoms with E-state index in [4.69, 9.17) is 0 Å². The number of carbonyl (C=O) groups is 1. The van der Waals surface area contributed by atoms with Crippen LogP contribution in [0.25, 0.3) is 0 Å². The van der Waals surface area contributed by atoms with E-state index in [1.54, 1.807) is 18.2 Å². The van der Waals surface area contributed by atoms with Gasteiger partial charge in [0.15, 0.2) is 15.6 Å². The summed E-state index contributed by atoms with van der Waals surface area (Å²) >= 11 is 0. The van der Waals surface area contributed by atoms with E-state index in [0.29, 0.717) is 0 Å². The van der Waals surface area contributed by atoms with Crippen LogP contribution in [0.1, 0.15) is 24.0 Å². The molecule has 0 aliphatic heterocycles. The molecule has 2 rings (SSSR count). The lowest BCUT2D eigenvalue weighted by atomic mass is 10.1. The van der Waals surface area contributed by atoms with Gasteiger partial charge < -0.3 is 0 Å². The molecule has 0 heterocycles. The van der Waals surface area contributed by atoms with E-state index in [2.05, 4.69) is 0 Å². The van der Waals surface area contributed by atoms with Crippen molar-refractivity contribution < 1.29 is 13.2 Å². The summed E-state index contributed by atoms with van der Waals surface area (Å²) in [5.74, 6) is -0.486. The maximum atomic E-state index is 12.0. The number of Topliss-reactive ketones (excluding diaryl/α,β-unsaturated/α-hetero) is 1. The molecule has 1 aromatic carbocycles. The molecule has 0 N–H and O–H groups in total. The molecule has 4 heteroatoms. The highest BCUT2D eigenvalue weighted by molar-refractivity contribution is 7.92. The molecule has 1 aliphatic rings. The van der Waals surface area contributed by atoms with Gasteiger partial charge in [0.25, 0.3) is 0 Å². The van der Waals surface area contributed by atoms with Crippen LogP contribution in [0.5, 0.6) is 0 Å². The second-order valence-electron chi connectivity index (χ2n) is 4.75. The maximum Gasteiger partial charge on any atom is 0.185 e. The Kier molecular flexibility index (Phi) is 3.08. The van der Waals surface area contributed by atoms with E-state index in [-0.39, 0.29) is 22.3 Å². The fraction of sp³-hybridized carbons (Fsp3) is 0.462. The molecule has 0 radical (unpaired) electrons. The second kappa shape index (κ2) is 4.26. The van der Waals surface area contributed by atoms with Crippen LogP contribution in [0.3, 0.4) is 0 Å². The molecule has 17 heavy (non-hydrogen) atoms. The minimum atomic E-state index is -3.45. The number of hydrogen-bond donors (Lipinski definition) is 0. The summed E-state index contributed by atoms with van der Waals surface area (Å²) in [4.78, 5) is 11.8. The lowest BCUT2D eigenvalue weighted by molar-refractivity contribution is -0.117. The third-order valence-corrected chi connectivity index (χ3v) is 4.84. The average molecular weight is 252 g/mol. The molecule has 0 aromatic heterocycles. The molecular formula is C13H16O3S. The lowest BCUT2D eigenvalue weighted by Gasteiger charge is -2.06. The van der Waals surface area contributed by atoms with Crippen molar-refractivity contribution in [3.05, 3.63) is 29.3 Å². The quantitative estimate of drug-likeness (QED) is 0.824. The Balaban J connectivity index is 2.24. The van der Waals surface area contributed by atoms with Gasteiger partial charge in [-0.1, -0.05) is 6.07 Å². The van der Waals surface area contributed by atoms with Gasteiger partial charge in [0.2, 0.25) is 0 Å². The number of carbonyl (C=O) groups excluding carboxylic acids is 1.